The van der Waals surface area contributed by atoms with Crippen molar-refractivity contribution < 1.29 is 26.0 Å². The van der Waals surface area contributed by atoms with E-state index in [9.17, 15) is 26.0 Å². The van der Waals surface area contributed by atoms with Gasteiger partial charge in [-0.1, -0.05) is 48.7 Å². The van der Waals surface area contributed by atoms with Crippen molar-refractivity contribution >= 4 is 20.7 Å². The van der Waals surface area contributed by atoms with E-state index in [0.717, 1.165) is 6.42 Å². The van der Waals surface area contributed by atoms with E-state index in [1.54, 1.807) is 6.07 Å². The molecule has 9 heteroatoms. The number of rotatable bonds is 9. The summed E-state index contributed by atoms with van der Waals surface area (Å²) in [5.74, 6) is -5.44. The Hall–Kier alpha value is -0.960. The Morgan fingerprint density at radius 2 is 1.78 bits per heavy atom. The molecule has 1 atom stereocenters. The summed E-state index contributed by atoms with van der Waals surface area (Å²) in [7, 11) is -5.81. The maximum atomic E-state index is 13.3. The molecule has 0 radical (unpaired) electrons. The summed E-state index contributed by atoms with van der Waals surface area (Å²) in [6.45, 7) is 1.89. The first-order chi connectivity index (χ1) is 10.7. The number of unbranched alkanes of at least 4 members (excludes halogenated alkanes) is 2. The summed E-state index contributed by atoms with van der Waals surface area (Å²) in [6.07, 6.45) is -1.87. The average Bonchev–Trinajstić information content (AvgIpc) is 2.47. The fraction of sp³-hybridized carbons (Fsp3) is 0.571. The van der Waals surface area contributed by atoms with Crippen LogP contribution in [0.3, 0.4) is 0 Å². The second kappa shape index (κ2) is 8.77. The molecule has 1 aromatic carbocycles. The lowest BCUT2D eigenvalue weighted by molar-refractivity contribution is -0.110. The van der Waals surface area contributed by atoms with Crippen LogP contribution in [0.4, 0.5) is 17.6 Å². The van der Waals surface area contributed by atoms with Gasteiger partial charge in [0, 0.05) is 5.75 Å². The van der Waals surface area contributed by atoms with Crippen LogP contribution in [0.5, 0.6) is 0 Å². The molecule has 0 fully saturated rings. The van der Waals surface area contributed by atoms with E-state index in [2.05, 4.69) is 3.77 Å². The fourth-order valence-electron chi connectivity index (χ4n) is 1.71. The smallest absolute Gasteiger partial charge is 0.204 e. The van der Waals surface area contributed by atoms with E-state index < -0.39 is 38.8 Å². The summed E-state index contributed by atoms with van der Waals surface area (Å²) < 4.78 is 79.1. The molecule has 0 amide bonds. The minimum atomic E-state index is -4.25. The fourth-order valence-corrected chi connectivity index (χ4v) is 5.43. The van der Waals surface area contributed by atoms with Crippen LogP contribution >= 0.6 is 0 Å². The summed E-state index contributed by atoms with van der Waals surface area (Å²) in [5.41, 5.74) is 0. The topological polar surface area (TPSA) is 46.5 Å². The highest BCUT2D eigenvalue weighted by Crippen LogP contribution is 2.26. The lowest BCUT2D eigenvalue weighted by Crippen LogP contribution is -2.34. The third-order valence-corrected chi connectivity index (χ3v) is 6.88. The minimum absolute atomic E-state index is 0.0578. The Morgan fingerprint density at radius 1 is 1.17 bits per heavy atom. The summed E-state index contributed by atoms with van der Waals surface area (Å²) in [5, 5.41) is 0. The monoisotopic (exact) mass is 373 g/mol. The van der Waals surface area contributed by atoms with Crippen LogP contribution in [0.1, 0.15) is 26.2 Å². The Labute approximate surface area is 136 Å². The first kappa shape index (κ1) is 20.1. The van der Waals surface area contributed by atoms with Gasteiger partial charge in [0.15, 0.2) is 0 Å². The zero-order chi connectivity index (χ0) is 17.5. The predicted octanol–water partition coefficient (Wildman–Crippen LogP) is 4.27. The van der Waals surface area contributed by atoms with Crippen LogP contribution in [0, 0.1) is 0 Å². The predicted molar refractivity (Wildman–Crippen MR) is 83.6 cm³/mol. The van der Waals surface area contributed by atoms with Gasteiger partial charge in [0.2, 0.25) is 0 Å². The highest BCUT2D eigenvalue weighted by Gasteiger charge is 2.41. The van der Waals surface area contributed by atoms with E-state index in [1.807, 2.05) is 6.92 Å². The van der Waals surface area contributed by atoms with Gasteiger partial charge in [0.05, 0.1) is 10.6 Å². The van der Waals surface area contributed by atoms with Gasteiger partial charge in [-0.3, -0.25) is 0 Å². The zero-order valence-electron chi connectivity index (χ0n) is 12.6. The highest BCUT2D eigenvalue weighted by atomic mass is 32.3. The molecule has 0 aliphatic carbocycles. The summed E-state index contributed by atoms with van der Waals surface area (Å²) >= 11 is 0. The zero-order valence-corrected chi connectivity index (χ0v) is 14.2. The maximum absolute atomic E-state index is 13.3. The van der Waals surface area contributed by atoms with Gasteiger partial charge in [0.25, 0.3) is 10.0 Å². The molecule has 0 saturated carbocycles. The summed E-state index contributed by atoms with van der Waals surface area (Å²) in [4.78, 5) is -0.131. The van der Waals surface area contributed by atoms with Crippen LogP contribution in [-0.4, -0.2) is 32.3 Å². The van der Waals surface area contributed by atoms with E-state index in [-0.39, 0.29) is 10.6 Å². The van der Waals surface area contributed by atoms with Crippen molar-refractivity contribution in [3.8, 4) is 0 Å². The number of nitrogens with zero attached hydrogens (tertiary/aromatic N) is 1. The number of benzene rings is 1. The molecule has 3 nitrogen and oxygen atoms in total. The van der Waals surface area contributed by atoms with Crippen molar-refractivity contribution in [3.05, 3.63) is 30.3 Å². The second-order valence-corrected chi connectivity index (χ2v) is 8.58. The lowest BCUT2D eigenvalue weighted by atomic mass is 10.3. The van der Waals surface area contributed by atoms with Crippen molar-refractivity contribution in [2.45, 2.75) is 43.4 Å². The molecule has 0 spiro atoms. The van der Waals surface area contributed by atoms with Crippen LogP contribution in [-0.2, 0) is 20.7 Å². The number of hydrogen-bond acceptors (Lipinski definition) is 2. The van der Waals surface area contributed by atoms with Gasteiger partial charge in [-0.15, -0.1) is 3.77 Å². The molecular weight excluding hydrogens is 354 g/mol. The molecule has 0 aliphatic rings. The first-order valence-corrected chi connectivity index (χ1v) is 10.0. The van der Waals surface area contributed by atoms with Gasteiger partial charge >= 0.3 is 12.3 Å². The largest absolute Gasteiger partial charge is 0.317 e. The number of alkyl halides is 4. The molecule has 1 aromatic rings. The standard InChI is InChI=1S/C14H19F4NO2S2/c1-2-3-7-10-22(11-14(17,18)13(15)16)19-23(20,21)12-8-5-4-6-9-12/h4-6,8-9,13H,2-3,7,10-11H2,1H3/t22-/m0/s1. The molecule has 0 unspecified atom stereocenters. The lowest BCUT2D eigenvalue weighted by Gasteiger charge is -2.17. The Balaban J connectivity index is 3.07. The number of sulfonamides is 1. The molecule has 0 aromatic heterocycles. The van der Waals surface area contributed by atoms with Crippen molar-refractivity contribution in [2.75, 3.05) is 11.5 Å². The van der Waals surface area contributed by atoms with Crippen LogP contribution in [0.25, 0.3) is 0 Å². The molecule has 0 bridgehead atoms. The normalized spacial score (nSPS) is 14.3. The van der Waals surface area contributed by atoms with Gasteiger partial charge in [-0.05, 0) is 18.6 Å². The Morgan fingerprint density at radius 3 is 2.30 bits per heavy atom. The molecular formula is C14H19F4NO2S2. The molecule has 23 heavy (non-hydrogen) atoms. The average molecular weight is 373 g/mol. The van der Waals surface area contributed by atoms with Crippen LogP contribution in [0.2, 0.25) is 0 Å². The molecule has 0 N–H and O–H groups in total. The van der Waals surface area contributed by atoms with Crippen molar-refractivity contribution in [1.29, 1.82) is 0 Å². The third kappa shape index (κ3) is 6.58. The Bertz CT molecular complexity index is 619. The van der Waals surface area contributed by atoms with Gasteiger partial charge < -0.3 is 0 Å². The molecule has 1 rings (SSSR count). The third-order valence-electron chi connectivity index (χ3n) is 2.91. The van der Waals surface area contributed by atoms with E-state index in [1.165, 1.54) is 24.3 Å². The first-order valence-electron chi connectivity index (χ1n) is 7.05. The molecule has 132 valence electrons. The van der Waals surface area contributed by atoms with Crippen LogP contribution < -0.4 is 0 Å². The van der Waals surface area contributed by atoms with E-state index in [4.69, 9.17) is 0 Å². The highest BCUT2D eigenvalue weighted by molar-refractivity contribution is 8.00. The quantitative estimate of drug-likeness (QED) is 0.479. The minimum Gasteiger partial charge on any atom is -0.204 e. The molecule has 0 saturated heterocycles. The van der Waals surface area contributed by atoms with Gasteiger partial charge in [-0.25, -0.2) is 8.78 Å². The van der Waals surface area contributed by atoms with E-state index in [0.29, 0.717) is 12.8 Å². The van der Waals surface area contributed by atoms with Gasteiger partial charge in [0.1, 0.15) is 0 Å². The second-order valence-electron chi connectivity index (χ2n) is 4.94. The molecule has 0 heterocycles. The van der Waals surface area contributed by atoms with E-state index >= 15 is 0 Å². The van der Waals surface area contributed by atoms with Gasteiger partial charge in [-0.2, -0.15) is 17.2 Å². The number of halogens is 4. The number of hydrogen-bond donors (Lipinski definition) is 0. The molecule has 0 aliphatic heterocycles. The van der Waals surface area contributed by atoms with Crippen LogP contribution in [0.15, 0.2) is 39.0 Å². The van der Waals surface area contributed by atoms with Crippen molar-refractivity contribution in [2.24, 2.45) is 3.77 Å². The van der Waals surface area contributed by atoms with Crippen molar-refractivity contribution in [1.82, 2.24) is 0 Å². The van der Waals surface area contributed by atoms with Crippen molar-refractivity contribution in [3.63, 3.8) is 0 Å². The summed E-state index contributed by atoms with van der Waals surface area (Å²) in [6, 6.07) is 7.14. The maximum Gasteiger partial charge on any atom is 0.317 e. The Kier molecular flexibility index (Phi) is 7.66. The SMILES string of the molecule is CCCCC[S@@](CC(F)(F)C(F)F)=NS(=O)(=O)c1ccccc1.